The third-order valence-electron chi connectivity index (χ3n) is 2.34. The number of phenols is 1. The van der Waals surface area contributed by atoms with Crippen LogP contribution in [0.1, 0.15) is 5.56 Å². The number of carbonyl (C=O) groups is 1. The summed E-state index contributed by atoms with van der Waals surface area (Å²) in [6.45, 7) is 0. The molecule has 0 aromatic heterocycles. The number of phenolic OH excluding ortho intramolecular Hbond substituents is 1. The second-order valence-corrected chi connectivity index (χ2v) is 3.39. The Morgan fingerprint density at radius 1 is 1.06 bits per heavy atom. The van der Waals surface area contributed by atoms with E-state index in [0.29, 0.717) is 0 Å². The van der Waals surface area contributed by atoms with E-state index >= 15 is 0 Å². The molecule has 0 saturated carbocycles. The molecule has 2 rings (SSSR count). The molecule has 0 bridgehead atoms. The van der Waals surface area contributed by atoms with Gasteiger partial charge >= 0.3 is 5.97 Å². The molecule has 0 aliphatic rings. The van der Waals surface area contributed by atoms with Gasteiger partial charge < -0.3 is 10.2 Å². The first-order chi connectivity index (χ1) is 7.68. The summed E-state index contributed by atoms with van der Waals surface area (Å²) in [7, 11) is 0. The summed E-state index contributed by atoms with van der Waals surface area (Å²) >= 11 is 0. The first-order valence-electron chi connectivity index (χ1n) is 4.80. The van der Waals surface area contributed by atoms with Crippen molar-refractivity contribution in [2.24, 2.45) is 0 Å². The molecule has 0 fully saturated rings. The van der Waals surface area contributed by atoms with Crippen LogP contribution in [-0.2, 0) is 4.79 Å². The van der Waals surface area contributed by atoms with Crippen molar-refractivity contribution < 1.29 is 15.0 Å². The highest BCUT2D eigenvalue weighted by atomic mass is 16.4. The van der Waals surface area contributed by atoms with E-state index in [2.05, 4.69) is 0 Å². The van der Waals surface area contributed by atoms with Gasteiger partial charge in [0.25, 0.3) is 0 Å². The quantitative estimate of drug-likeness (QED) is 0.755. The van der Waals surface area contributed by atoms with Gasteiger partial charge in [0.15, 0.2) is 0 Å². The maximum atomic E-state index is 10.4. The van der Waals surface area contributed by atoms with Gasteiger partial charge in [0.05, 0.1) is 0 Å². The lowest BCUT2D eigenvalue weighted by Gasteiger charge is -2.03. The summed E-state index contributed by atoms with van der Waals surface area (Å²) in [6.07, 6.45) is 2.60. The Morgan fingerprint density at radius 2 is 1.75 bits per heavy atom. The number of hydrogen-bond donors (Lipinski definition) is 2. The van der Waals surface area contributed by atoms with Gasteiger partial charge in [0, 0.05) is 11.5 Å². The zero-order valence-corrected chi connectivity index (χ0v) is 8.42. The number of aromatic hydroxyl groups is 1. The van der Waals surface area contributed by atoms with E-state index in [-0.39, 0.29) is 5.75 Å². The van der Waals surface area contributed by atoms with Gasteiger partial charge in [-0.2, -0.15) is 0 Å². The molecule has 80 valence electrons. The Kier molecular flexibility index (Phi) is 2.60. The Labute approximate surface area is 92.3 Å². The number of benzene rings is 2. The minimum absolute atomic E-state index is 0.197. The summed E-state index contributed by atoms with van der Waals surface area (Å²) in [6, 6.07) is 10.6. The van der Waals surface area contributed by atoms with Gasteiger partial charge in [-0.3, -0.25) is 0 Å². The Bertz CT molecular complexity index is 570. The van der Waals surface area contributed by atoms with Crippen molar-refractivity contribution >= 4 is 22.8 Å². The molecule has 2 aromatic carbocycles. The number of carboxylic acid groups (broad SMARTS) is 1. The fraction of sp³-hybridized carbons (Fsp3) is 0. The molecule has 0 unspecified atom stereocenters. The number of hydrogen-bond acceptors (Lipinski definition) is 2. The van der Waals surface area contributed by atoms with Crippen molar-refractivity contribution in [3.63, 3.8) is 0 Å². The van der Waals surface area contributed by atoms with Crippen LogP contribution in [0.25, 0.3) is 16.8 Å². The fourth-order valence-electron chi connectivity index (χ4n) is 1.62. The predicted octanol–water partition coefficient (Wildman–Crippen LogP) is 2.64. The average Bonchev–Trinajstić information content (AvgIpc) is 2.27. The van der Waals surface area contributed by atoms with Gasteiger partial charge in [-0.25, -0.2) is 4.79 Å². The normalized spacial score (nSPS) is 11.0. The molecule has 3 nitrogen and oxygen atoms in total. The van der Waals surface area contributed by atoms with Gasteiger partial charge in [-0.15, -0.1) is 0 Å². The smallest absolute Gasteiger partial charge is 0.328 e. The molecule has 0 heterocycles. The van der Waals surface area contributed by atoms with Crippen molar-refractivity contribution in [1.29, 1.82) is 0 Å². The predicted molar refractivity (Wildman–Crippen MR) is 62.3 cm³/mol. The number of rotatable bonds is 2. The van der Waals surface area contributed by atoms with Crippen LogP contribution in [0, 0.1) is 0 Å². The van der Waals surface area contributed by atoms with Gasteiger partial charge in [-0.05, 0) is 23.1 Å². The summed E-state index contributed by atoms with van der Waals surface area (Å²) < 4.78 is 0. The maximum Gasteiger partial charge on any atom is 0.328 e. The third kappa shape index (κ3) is 1.88. The van der Waals surface area contributed by atoms with E-state index in [9.17, 15) is 9.90 Å². The van der Waals surface area contributed by atoms with Gasteiger partial charge in [0.2, 0.25) is 0 Å². The Hall–Kier alpha value is -2.29. The zero-order chi connectivity index (χ0) is 11.5. The maximum absolute atomic E-state index is 10.4. The Balaban J connectivity index is 2.63. The molecule has 0 atom stereocenters. The minimum Gasteiger partial charge on any atom is -0.507 e. The summed E-state index contributed by atoms with van der Waals surface area (Å²) in [5, 5.41) is 19.7. The van der Waals surface area contributed by atoms with Crippen LogP contribution >= 0.6 is 0 Å². The molecule has 2 aromatic rings. The molecule has 0 saturated heterocycles. The SMILES string of the molecule is O=C(O)C=Cc1cccc2c(O)cccc12. The molecular formula is C13H10O3. The molecule has 0 aliphatic heterocycles. The topological polar surface area (TPSA) is 57.5 Å². The highest BCUT2D eigenvalue weighted by molar-refractivity contribution is 5.96. The number of carboxylic acids is 1. The molecule has 3 heteroatoms. The van der Waals surface area contributed by atoms with Crippen LogP contribution < -0.4 is 0 Å². The zero-order valence-electron chi connectivity index (χ0n) is 8.42. The molecule has 0 spiro atoms. The molecule has 0 radical (unpaired) electrons. The van der Waals surface area contributed by atoms with Crippen LogP contribution in [0.15, 0.2) is 42.5 Å². The van der Waals surface area contributed by atoms with Gasteiger partial charge in [-0.1, -0.05) is 30.3 Å². The van der Waals surface area contributed by atoms with Crippen LogP contribution in [0.5, 0.6) is 5.75 Å². The second kappa shape index (κ2) is 4.06. The molecule has 16 heavy (non-hydrogen) atoms. The van der Waals surface area contributed by atoms with E-state index in [4.69, 9.17) is 5.11 Å². The molecule has 0 aliphatic carbocycles. The van der Waals surface area contributed by atoms with E-state index in [1.54, 1.807) is 30.3 Å². The van der Waals surface area contributed by atoms with E-state index in [1.807, 2.05) is 6.07 Å². The minimum atomic E-state index is -0.989. The number of fused-ring (bicyclic) bond motifs is 1. The van der Waals surface area contributed by atoms with Crippen LogP contribution in [0.2, 0.25) is 0 Å². The van der Waals surface area contributed by atoms with E-state index < -0.39 is 5.97 Å². The highest BCUT2D eigenvalue weighted by Gasteiger charge is 2.01. The van der Waals surface area contributed by atoms with Crippen LogP contribution in [0.3, 0.4) is 0 Å². The van der Waals surface area contributed by atoms with Crippen molar-refractivity contribution in [2.45, 2.75) is 0 Å². The number of aliphatic carboxylic acids is 1. The molecule has 2 N–H and O–H groups in total. The summed E-state index contributed by atoms with van der Waals surface area (Å²) in [5.41, 5.74) is 0.774. The van der Waals surface area contributed by atoms with Crippen LogP contribution in [-0.4, -0.2) is 16.2 Å². The lowest BCUT2D eigenvalue weighted by molar-refractivity contribution is -0.131. The average molecular weight is 214 g/mol. The second-order valence-electron chi connectivity index (χ2n) is 3.39. The first-order valence-corrected chi connectivity index (χ1v) is 4.80. The van der Waals surface area contributed by atoms with Crippen molar-refractivity contribution in [2.75, 3.05) is 0 Å². The molecular weight excluding hydrogens is 204 g/mol. The van der Waals surface area contributed by atoms with E-state index in [1.165, 1.54) is 6.08 Å². The van der Waals surface area contributed by atoms with Crippen molar-refractivity contribution in [3.8, 4) is 5.75 Å². The lowest BCUT2D eigenvalue weighted by Crippen LogP contribution is -1.86. The molecule has 0 amide bonds. The first kappa shape index (κ1) is 10.2. The Morgan fingerprint density at radius 3 is 2.50 bits per heavy atom. The summed E-state index contributed by atoms with van der Waals surface area (Å²) in [4.78, 5) is 10.4. The third-order valence-corrected chi connectivity index (χ3v) is 2.34. The van der Waals surface area contributed by atoms with Crippen molar-refractivity contribution in [1.82, 2.24) is 0 Å². The van der Waals surface area contributed by atoms with Crippen molar-refractivity contribution in [3.05, 3.63) is 48.0 Å². The van der Waals surface area contributed by atoms with Gasteiger partial charge in [0.1, 0.15) is 5.75 Å². The standard InChI is InChI=1S/C13H10O3/c14-12-6-2-4-10-9(7-8-13(15)16)3-1-5-11(10)12/h1-8,14H,(H,15,16). The van der Waals surface area contributed by atoms with E-state index in [0.717, 1.165) is 22.4 Å². The lowest BCUT2D eigenvalue weighted by atomic mass is 10.0. The largest absolute Gasteiger partial charge is 0.507 e. The fourth-order valence-corrected chi connectivity index (χ4v) is 1.62. The summed E-state index contributed by atoms with van der Waals surface area (Å²) in [5.74, 6) is -0.791. The van der Waals surface area contributed by atoms with Crippen LogP contribution in [0.4, 0.5) is 0 Å². The monoisotopic (exact) mass is 214 g/mol. The highest BCUT2D eigenvalue weighted by Crippen LogP contribution is 2.27.